The molecular formula is C20H33NO. The highest BCUT2D eigenvalue weighted by molar-refractivity contribution is 5.77. The number of hydrogen-bond donors (Lipinski definition) is 0. The lowest BCUT2D eigenvalue weighted by molar-refractivity contribution is -0.136. The number of carbonyl (C=O) groups is 1. The van der Waals surface area contributed by atoms with Crippen molar-refractivity contribution in [3.63, 3.8) is 0 Å². The third-order valence-corrected chi connectivity index (χ3v) is 4.31. The Morgan fingerprint density at radius 3 is 2.14 bits per heavy atom. The van der Waals surface area contributed by atoms with Crippen LogP contribution in [0, 0.1) is 19.3 Å². The van der Waals surface area contributed by atoms with Crippen molar-refractivity contribution < 1.29 is 4.79 Å². The summed E-state index contributed by atoms with van der Waals surface area (Å²) in [5.41, 5.74) is 3.87. The van der Waals surface area contributed by atoms with E-state index in [1.807, 2.05) is 0 Å². The molecule has 1 aromatic rings. The lowest BCUT2D eigenvalue weighted by Gasteiger charge is -2.33. The lowest BCUT2D eigenvalue weighted by Crippen LogP contribution is -2.40. The van der Waals surface area contributed by atoms with E-state index in [2.05, 4.69) is 71.6 Å². The fourth-order valence-corrected chi connectivity index (χ4v) is 2.80. The molecule has 0 radical (unpaired) electrons. The Hall–Kier alpha value is -1.31. The molecule has 0 spiro atoms. The third kappa shape index (κ3) is 5.47. The predicted molar refractivity (Wildman–Crippen MR) is 94.9 cm³/mol. The van der Waals surface area contributed by atoms with E-state index in [1.54, 1.807) is 0 Å². The number of aryl methyl sites for hydroxylation is 2. The third-order valence-electron chi connectivity index (χ3n) is 4.31. The molecule has 0 aliphatic carbocycles. The second-order valence-corrected chi connectivity index (χ2v) is 7.65. The fraction of sp³-hybridized carbons (Fsp3) is 0.650. The number of nitrogens with zero attached hydrogens (tertiary/aromatic N) is 1. The van der Waals surface area contributed by atoms with Crippen molar-refractivity contribution in [2.75, 3.05) is 0 Å². The molecule has 2 heteroatoms. The molecule has 124 valence electrons. The van der Waals surface area contributed by atoms with Crippen molar-refractivity contribution >= 4 is 5.91 Å². The number of amides is 1. The van der Waals surface area contributed by atoms with Crippen LogP contribution in [0.3, 0.4) is 0 Å². The maximum Gasteiger partial charge on any atom is 0.223 e. The quantitative estimate of drug-likeness (QED) is 0.702. The SMILES string of the molecule is CCC(CC)N(Cc1ccc(C)c(C)c1)C(=O)CC(C)(C)C. The Kier molecular flexibility index (Phi) is 6.65. The minimum Gasteiger partial charge on any atom is -0.335 e. The Bertz CT molecular complexity index is 495. The zero-order valence-electron chi connectivity index (χ0n) is 15.5. The topological polar surface area (TPSA) is 20.3 Å². The van der Waals surface area contributed by atoms with E-state index >= 15 is 0 Å². The van der Waals surface area contributed by atoms with Gasteiger partial charge in [0.2, 0.25) is 5.91 Å². The summed E-state index contributed by atoms with van der Waals surface area (Å²) in [5, 5.41) is 0. The van der Waals surface area contributed by atoms with Crippen LogP contribution in [0.25, 0.3) is 0 Å². The van der Waals surface area contributed by atoms with E-state index in [0.717, 1.165) is 19.4 Å². The molecule has 0 atom stereocenters. The van der Waals surface area contributed by atoms with Gasteiger partial charge in [0.15, 0.2) is 0 Å². The first-order chi connectivity index (χ1) is 10.2. The van der Waals surface area contributed by atoms with Gasteiger partial charge < -0.3 is 4.90 Å². The Balaban J connectivity index is 2.99. The number of hydrogen-bond acceptors (Lipinski definition) is 1. The first kappa shape index (κ1) is 18.7. The van der Waals surface area contributed by atoms with Crippen molar-refractivity contribution in [3.8, 4) is 0 Å². The van der Waals surface area contributed by atoms with Crippen molar-refractivity contribution in [2.24, 2.45) is 5.41 Å². The van der Waals surface area contributed by atoms with Crippen LogP contribution in [0.5, 0.6) is 0 Å². The van der Waals surface area contributed by atoms with Gasteiger partial charge in [-0.1, -0.05) is 52.8 Å². The molecule has 0 aromatic heterocycles. The summed E-state index contributed by atoms with van der Waals surface area (Å²) >= 11 is 0. The maximum absolute atomic E-state index is 12.8. The molecule has 0 saturated carbocycles. The normalized spacial score (nSPS) is 11.8. The average Bonchev–Trinajstić information content (AvgIpc) is 2.41. The van der Waals surface area contributed by atoms with Crippen LogP contribution in [-0.2, 0) is 11.3 Å². The number of benzene rings is 1. The van der Waals surface area contributed by atoms with E-state index in [9.17, 15) is 4.79 Å². The highest BCUT2D eigenvalue weighted by Crippen LogP contribution is 2.24. The standard InChI is InChI=1S/C20H33NO/c1-8-18(9-2)21(19(22)13-20(5,6)7)14-17-11-10-15(3)16(4)12-17/h10-12,18H,8-9,13-14H2,1-7H3. The van der Waals surface area contributed by atoms with Gasteiger partial charge in [-0.15, -0.1) is 0 Å². The van der Waals surface area contributed by atoms with Gasteiger partial charge in [-0.2, -0.15) is 0 Å². The van der Waals surface area contributed by atoms with Gasteiger partial charge >= 0.3 is 0 Å². The van der Waals surface area contributed by atoms with E-state index in [0.29, 0.717) is 12.5 Å². The van der Waals surface area contributed by atoms with Crippen molar-refractivity contribution in [2.45, 2.75) is 80.3 Å². The molecule has 0 bridgehead atoms. The summed E-state index contributed by atoms with van der Waals surface area (Å²) < 4.78 is 0. The number of rotatable bonds is 6. The Morgan fingerprint density at radius 1 is 1.09 bits per heavy atom. The molecule has 22 heavy (non-hydrogen) atoms. The van der Waals surface area contributed by atoms with Gasteiger partial charge in [-0.05, 0) is 48.8 Å². The average molecular weight is 303 g/mol. The summed E-state index contributed by atoms with van der Waals surface area (Å²) in [6.07, 6.45) is 2.63. The molecule has 0 unspecified atom stereocenters. The first-order valence-electron chi connectivity index (χ1n) is 8.53. The lowest BCUT2D eigenvalue weighted by atomic mass is 9.91. The molecule has 1 rings (SSSR count). The zero-order chi connectivity index (χ0) is 16.9. The van der Waals surface area contributed by atoms with Crippen LogP contribution in [0.4, 0.5) is 0 Å². The van der Waals surface area contributed by atoms with E-state index in [-0.39, 0.29) is 11.3 Å². The predicted octanol–water partition coefficient (Wildman–Crippen LogP) is 5.26. The first-order valence-corrected chi connectivity index (χ1v) is 8.53. The van der Waals surface area contributed by atoms with Crippen LogP contribution in [-0.4, -0.2) is 16.8 Å². The van der Waals surface area contributed by atoms with Crippen molar-refractivity contribution in [1.82, 2.24) is 4.90 Å². The molecule has 1 aromatic carbocycles. The fourth-order valence-electron chi connectivity index (χ4n) is 2.80. The van der Waals surface area contributed by atoms with Crippen molar-refractivity contribution in [1.29, 1.82) is 0 Å². The van der Waals surface area contributed by atoms with Gasteiger partial charge in [0, 0.05) is 19.0 Å². The highest BCUT2D eigenvalue weighted by atomic mass is 16.2. The zero-order valence-corrected chi connectivity index (χ0v) is 15.5. The van der Waals surface area contributed by atoms with Gasteiger partial charge in [-0.3, -0.25) is 4.79 Å². The van der Waals surface area contributed by atoms with E-state index in [4.69, 9.17) is 0 Å². The monoisotopic (exact) mass is 303 g/mol. The number of carbonyl (C=O) groups excluding carboxylic acids is 1. The largest absolute Gasteiger partial charge is 0.335 e. The van der Waals surface area contributed by atoms with E-state index in [1.165, 1.54) is 16.7 Å². The van der Waals surface area contributed by atoms with Gasteiger partial charge in [-0.25, -0.2) is 0 Å². The molecule has 0 aliphatic rings. The van der Waals surface area contributed by atoms with Gasteiger partial charge in [0.25, 0.3) is 0 Å². The molecule has 0 N–H and O–H groups in total. The Morgan fingerprint density at radius 2 is 1.68 bits per heavy atom. The maximum atomic E-state index is 12.8. The summed E-state index contributed by atoms with van der Waals surface area (Å²) in [7, 11) is 0. The van der Waals surface area contributed by atoms with Crippen LogP contribution >= 0.6 is 0 Å². The van der Waals surface area contributed by atoms with Gasteiger partial charge in [0.05, 0.1) is 0 Å². The summed E-state index contributed by atoms with van der Waals surface area (Å²) in [4.78, 5) is 14.9. The summed E-state index contributed by atoms with van der Waals surface area (Å²) in [5.74, 6) is 0.277. The van der Waals surface area contributed by atoms with E-state index < -0.39 is 0 Å². The molecule has 2 nitrogen and oxygen atoms in total. The van der Waals surface area contributed by atoms with Gasteiger partial charge in [0.1, 0.15) is 0 Å². The minimum absolute atomic E-state index is 0.0323. The Labute approximate surface area is 136 Å². The van der Waals surface area contributed by atoms with Crippen LogP contribution < -0.4 is 0 Å². The molecule has 0 aliphatic heterocycles. The van der Waals surface area contributed by atoms with Crippen LogP contribution in [0.1, 0.15) is 70.6 Å². The molecule has 1 amide bonds. The molecule has 0 heterocycles. The summed E-state index contributed by atoms with van der Waals surface area (Å²) in [6.45, 7) is 15.7. The van der Waals surface area contributed by atoms with Crippen molar-refractivity contribution in [3.05, 3.63) is 34.9 Å². The molecule has 0 fully saturated rings. The molecule has 0 saturated heterocycles. The minimum atomic E-state index is 0.0323. The van der Waals surface area contributed by atoms with Crippen LogP contribution in [0.15, 0.2) is 18.2 Å². The summed E-state index contributed by atoms with van der Waals surface area (Å²) in [6, 6.07) is 6.86. The van der Waals surface area contributed by atoms with Crippen LogP contribution in [0.2, 0.25) is 0 Å². The highest BCUT2D eigenvalue weighted by Gasteiger charge is 2.25. The second kappa shape index (κ2) is 7.80. The second-order valence-electron chi connectivity index (χ2n) is 7.65. The molecular weight excluding hydrogens is 270 g/mol. The smallest absolute Gasteiger partial charge is 0.223 e.